The van der Waals surface area contributed by atoms with E-state index in [0.717, 1.165) is 0 Å². The van der Waals surface area contributed by atoms with E-state index in [2.05, 4.69) is 0 Å². The van der Waals surface area contributed by atoms with E-state index < -0.39 is 11.8 Å². The van der Waals surface area contributed by atoms with Gasteiger partial charge in [0, 0.05) is 18.1 Å². The van der Waals surface area contributed by atoms with Gasteiger partial charge in [-0.15, -0.1) is 0 Å². The Morgan fingerprint density at radius 1 is 1.00 bits per heavy atom. The Morgan fingerprint density at radius 3 is 1.90 bits per heavy atom. The fourth-order valence-corrected chi connectivity index (χ4v) is 2.54. The zero-order chi connectivity index (χ0) is 14.3. The van der Waals surface area contributed by atoms with Crippen molar-refractivity contribution in [1.82, 2.24) is 0 Å². The average molecular weight is 267 g/mol. The lowest BCUT2D eigenvalue weighted by atomic mass is 9.80. The van der Waals surface area contributed by atoms with Gasteiger partial charge in [0.25, 0.3) is 0 Å². The molecule has 0 radical (unpaired) electrons. The van der Waals surface area contributed by atoms with E-state index in [1.165, 1.54) is 19.1 Å². The molecule has 100 valence electrons. The molecule has 0 aromatic heterocycles. The molecule has 1 aliphatic rings. The Balaban J connectivity index is 2.33. The highest BCUT2D eigenvalue weighted by Crippen LogP contribution is 2.38. The van der Waals surface area contributed by atoms with Crippen LogP contribution < -0.4 is 5.11 Å². The van der Waals surface area contributed by atoms with Crippen LogP contribution in [0.25, 0.3) is 0 Å². The Morgan fingerprint density at radius 2 is 1.45 bits per heavy atom. The van der Waals surface area contributed by atoms with Crippen LogP contribution in [0.5, 0.6) is 0 Å². The highest BCUT2D eigenvalue weighted by atomic mass is 16.7. The number of carbonyl (C=O) groups is 2. The minimum atomic E-state index is -2.17. The summed E-state index contributed by atoms with van der Waals surface area (Å²) in [5, 5.41) is 13.1. The molecule has 4 heteroatoms. The van der Waals surface area contributed by atoms with Crippen LogP contribution in [-0.2, 0) is 15.3 Å². The summed E-state index contributed by atoms with van der Waals surface area (Å²) in [4.78, 5) is 23.7. The van der Waals surface area contributed by atoms with E-state index in [-0.39, 0.29) is 28.0 Å². The molecule has 2 aromatic carbocycles. The van der Waals surface area contributed by atoms with Gasteiger partial charge < -0.3 is 9.84 Å². The minimum absolute atomic E-state index is 0.180. The maximum Gasteiger partial charge on any atom is 0.302 e. The van der Waals surface area contributed by atoms with Crippen LogP contribution in [0, 0.1) is 0 Å². The number of rotatable bonds is 1. The van der Waals surface area contributed by atoms with Crippen LogP contribution in [0.3, 0.4) is 0 Å². The van der Waals surface area contributed by atoms with Crippen molar-refractivity contribution in [3.63, 3.8) is 0 Å². The van der Waals surface area contributed by atoms with Crippen LogP contribution in [0.4, 0.5) is 0 Å². The molecular weight excluding hydrogens is 256 g/mol. The van der Waals surface area contributed by atoms with Gasteiger partial charge in [-0.1, -0.05) is 48.5 Å². The lowest BCUT2D eigenvalue weighted by molar-refractivity contribution is -0.539. The van der Waals surface area contributed by atoms with Crippen molar-refractivity contribution in [2.75, 3.05) is 0 Å². The SMILES string of the molecule is CC(=O)OC1([O-])c2ccccc2C(=O)c2ccccc21. The zero-order valence-corrected chi connectivity index (χ0v) is 10.8. The number of hydrogen-bond donors (Lipinski definition) is 0. The van der Waals surface area contributed by atoms with Gasteiger partial charge in [-0.2, -0.15) is 0 Å². The molecule has 0 aliphatic heterocycles. The van der Waals surface area contributed by atoms with Gasteiger partial charge in [-0.05, 0) is 11.1 Å². The molecule has 20 heavy (non-hydrogen) atoms. The summed E-state index contributed by atoms with van der Waals surface area (Å²) in [6.45, 7) is 1.18. The number of ether oxygens (including phenoxy) is 1. The maximum absolute atomic E-state index is 13.1. The van der Waals surface area contributed by atoms with Crippen molar-refractivity contribution in [1.29, 1.82) is 0 Å². The fourth-order valence-electron chi connectivity index (χ4n) is 2.54. The number of esters is 1. The summed E-state index contributed by atoms with van der Waals surface area (Å²) >= 11 is 0. The summed E-state index contributed by atoms with van der Waals surface area (Å²) in [7, 11) is 0. The number of carbonyl (C=O) groups excluding carboxylic acids is 2. The van der Waals surface area contributed by atoms with Crippen LogP contribution in [0.15, 0.2) is 48.5 Å². The maximum atomic E-state index is 13.1. The second-order valence-electron chi connectivity index (χ2n) is 4.63. The van der Waals surface area contributed by atoms with Crippen molar-refractivity contribution in [2.45, 2.75) is 12.7 Å². The lowest BCUT2D eigenvalue weighted by Gasteiger charge is -2.44. The first-order valence-electron chi connectivity index (χ1n) is 6.18. The Labute approximate surface area is 115 Å². The van der Waals surface area contributed by atoms with E-state index in [4.69, 9.17) is 4.74 Å². The topological polar surface area (TPSA) is 66.4 Å². The summed E-state index contributed by atoms with van der Waals surface area (Å²) in [6.07, 6.45) is 0. The van der Waals surface area contributed by atoms with E-state index in [9.17, 15) is 14.7 Å². The first-order chi connectivity index (χ1) is 9.54. The molecule has 2 aromatic rings. The number of fused-ring (bicyclic) bond motifs is 2. The molecule has 4 nitrogen and oxygen atoms in total. The summed E-state index contributed by atoms with van der Waals surface area (Å²) < 4.78 is 5.03. The molecule has 0 fully saturated rings. The second-order valence-corrected chi connectivity index (χ2v) is 4.63. The van der Waals surface area contributed by atoms with Crippen LogP contribution in [-0.4, -0.2) is 11.8 Å². The molecule has 3 rings (SSSR count). The van der Waals surface area contributed by atoms with E-state index in [1.807, 2.05) is 0 Å². The predicted molar refractivity (Wildman–Crippen MR) is 68.9 cm³/mol. The van der Waals surface area contributed by atoms with E-state index >= 15 is 0 Å². The number of hydrogen-bond acceptors (Lipinski definition) is 4. The molecule has 0 bridgehead atoms. The van der Waals surface area contributed by atoms with Gasteiger partial charge in [0.1, 0.15) is 0 Å². The van der Waals surface area contributed by atoms with Crippen molar-refractivity contribution < 1.29 is 19.4 Å². The molecule has 0 heterocycles. The third kappa shape index (κ3) is 1.66. The van der Waals surface area contributed by atoms with Crippen molar-refractivity contribution in [3.8, 4) is 0 Å². The molecule has 0 atom stereocenters. The van der Waals surface area contributed by atoms with Gasteiger partial charge in [0.05, 0.1) is 5.79 Å². The van der Waals surface area contributed by atoms with Gasteiger partial charge in [-0.25, -0.2) is 0 Å². The molecule has 0 N–H and O–H groups in total. The van der Waals surface area contributed by atoms with Crippen LogP contribution in [0.1, 0.15) is 34.0 Å². The fraction of sp³-hybridized carbons (Fsp3) is 0.125. The molecule has 0 saturated carbocycles. The minimum Gasteiger partial charge on any atom is -0.811 e. The summed E-state index contributed by atoms with van der Waals surface area (Å²) in [6, 6.07) is 12.9. The van der Waals surface area contributed by atoms with Gasteiger partial charge in [0.15, 0.2) is 5.78 Å². The molecule has 1 aliphatic carbocycles. The third-order valence-corrected chi connectivity index (χ3v) is 3.34. The smallest absolute Gasteiger partial charge is 0.302 e. The Hall–Kier alpha value is -2.46. The van der Waals surface area contributed by atoms with Gasteiger partial charge in [0.2, 0.25) is 0 Å². The molecule has 0 unspecified atom stereocenters. The average Bonchev–Trinajstić information content (AvgIpc) is 2.45. The van der Waals surface area contributed by atoms with E-state index in [0.29, 0.717) is 0 Å². The first kappa shape index (κ1) is 12.6. The summed E-state index contributed by atoms with van der Waals surface area (Å²) in [5.41, 5.74) is 0.919. The third-order valence-electron chi connectivity index (χ3n) is 3.34. The van der Waals surface area contributed by atoms with Crippen molar-refractivity contribution in [2.24, 2.45) is 0 Å². The van der Waals surface area contributed by atoms with Crippen LogP contribution >= 0.6 is 0 Å². The standard InChI is InChI=1S/C16H11O4/c1-10(17)20-16(19)13-8-4-2-6-11(13)15(18)12-7-3-5-9-14(12)16/h2-9H,1H3/q-1. The highest BCUT2D eigenvalue weighted by molar-refractivity contribution is 6.12. The highest BCUT2D eigenvalue weighted by Gasteiger charge is 2.37. The quantitative estimate of drug-likeness (QED) is 0.578. The van der Waals surface area contributed by atoms with Gasteiger partial charge >= 0.3 is 5.97 Å². The lowest BCUT2D eigenvalue weighted by Crippen LogP contribution is -2.49. The number of ketones is 1. The zero-order valence-electron chi connectivity index (χ0n) is 10.8. The molecule has 0 spiro atoms. The van der Waals surface area contributed by atoms with Crippen molar-refractivity contribution in [3.05, 3.63) is 70.8 Å². The Bertz CT molecular complexity index is 668. The largest absolute Gasteiger partial charge is 0.811 e. The normalized spacial score (nSPS) is 15.2. The molecule has 0 saturated heterocycles. The van der Waals surface area contributed by atoms with E-state index in [1.54, 1.807) is 36.4 Å². The predicted octanol–water partition coefficient (Wildman–Crippen LogP) is 1.36. The molecular formula is C16H11O4-. The number of benzene rings is 2. The van der Waals surface area contributed by atoms with Crippen LogP contribution in [0.2, 0.25) is 0 Å². The summed E-state index contributed by atoms with van der Waals surface area (Å²) in [5.74, 6) is -3.08. The van der Waals surface area contributed by atoms with Gasteiger partial charge in [-0.3, -0.25) is 9.59 Å². The molecule has 0 amide bonds. The monoisotopic (exact) mass is 267 g/mol. The van der Waals surface area contributed by atoms with Crippen molar-refractivity contribution >= 4 is 11.8 Å². The first-order valence-corrected chi connectivity index (χ1v) is 6.18. The Kier molecular flexibility index (Phi) is 2.69. The second kappa shape index (κ2) is 4.28.